The van der Waals surface area contributed by atoms with Crippen molar-refractivity contribution in [3.63, 3.8) is 0 Å². The quantitative estimate of drug-likeness (QED) is 0.306. The fourth-order valence-electron chi connectivity index (χ4n) is 5.80. The summed E-state index contributed by atoms with van der Waals surface area (Å²) < 4.78 is 43.3. The summed E-state index contributed by atoms with van der Waals surface area (Å²) in [5, 5.41) is 13.3. The number of aliphatic hydroxyl groups excluding tert-OH is 1. The van der Waals surface area contributed by atoms with Crippen molar-refractivity contribution in [3.05, 3.63) is 59.6 Å². The second-order valence-electron chi connectivity index (χ2n) is 10.6. The maximum absolute atomic E-state index is 13.0. The fraction of sp³-hybridized carbons (Fsp3) is 0.379. The summed E-state index contributed by atoms with van der Waals surface area (Å²) in [4.78, 5) is 12.6. The molecule has 4 aromatic rings. The Morgan fingerprint density at radius 2 is 1.56 bits per heavy atom. The highest BCUT2D eigenvalue weighted by Crippen LogP contribution is 2.33. The van der Waals surface area contributed by atoms with E-state index < -0.39 is 22.0 Å². The molecular weight excluding hydrogens is 568 g/mol. The smallest absolute Gasteiger partial charge is 0.296 e. The van der Waals surface area contributed by atoms with Gasteiger partial charge in [0.2, 0.25) is 0 Å². The molecular formula is C29H29ClN4O6S. The lowest BCUT2D eigenvalue weighted by Crippen LogP contribution is -2.35. The van der Waals surface area contributed by atoms with Gasteiger partial charge in [0.1, 0.15) is 18.3 Å². The van der Waals surface area contributed by atoms with Crippen LogP contribution in [0, 0.1) is 0 Å². The maximum atomic E-state index is 13.0. The van der Waals surface area contributed by atoms with Crippen LogP contribution in [0.15, 0.2) is 59.5 Å². The summed E-state index contributed by atoms with van der Waals surface area (Å²) in [5.41, 5.74) is 4.35. The number of halogens is 1. The number of piperidine rings is 1. The molecule has 3 aliphatic heterocycles. The highest BCUT2D eigenvalue weighted by molar-refractivity contribution is 7.92. The van der Waals surface area contributed by atoms with E-state index >= 15 is 0 Å². The van der Waals surface area contributed by atoms with Crippen LogP contribution in [0.1, 0.15) is 12.8 Å². The number of rotatable bonds is 6. The number of fused-ring (bicyclic) bond motifs is 2. The Hall–Kier alpha value is -3.06. The lowest BCUT2D eigenvalue weighted by Gasteiger charge is -2.22. The van der Waals surface area contributed by atoms with Gasteiger partial charge in [-0.1, -0.05) is 48.0 Å². The van der Waals surface area contributed by atoms with Crippen LogP contribution in [0.25, 0.3) is 33.5 Å². The van der Waals surface area contributed by atoms with Crippen LogP contribution in [0.5, 0.6) is 6.01 Å². The second kappa shape index (κ2) is 10.6. The van der Waals surface area contributed by atoms with E-state index in [1.54, 1.807) is 18.2 Å². The first-order valence-corrected chi connectivity index (χ1v) is 15.6. The zero-order chi connectivity index (χ0) is 28.1. The van der Waals surface area contributed by atoms with E-state index in [0.717, 1.165) is 29.8 Å². The van der Waals surface area contributed by atoms with Crippen molar-refractivity contribution in [2.24, 2.45) is 0 Å². The highest BCUT2D eigenvalue weighted by atomic mass is 35.5. The molecule has 214 valence electrons. The molecule has 2 aromatic carbocycles. The Labute approximate surface area is 241 Å². The van der Waals surface area contributed by atoms with Crippen LogP contribution < -0.4 is 10.1 Å². The van der Waals surface area contributed by atoms with Crippen LogP contribution in [-0.2, 0) is 19.3 Å². The minimum Gasteiger partial charge on any atom is -0.456 e. The average Bonchev–Trinajstić information content (AvgIpc) is 3.69. The molecule has 0 bridgehead atoms. The van der Waals surface area contributed by atoms with Crippen LogP contribution in [0.4, 0.5) is 0 Å². The normalized spacial score (nSPS) is 25.0. The number of hydrogen-bond acceptors (Lipinski definition) is 9. The molecule has 10 nitrogen and oxygen atoms in total. The number of nitrogens with one attached hydrogen (secondary N) is 2. The predicted octanol–water partition coefficient (Wildman–Crippen LogP) is 3.38. The average molecular weight is 597 g/mol. The Bertz CT molecular complexity index is 1670. The van der Waals surface area contributed by atoms with Gasteiger partial charge < -0.3 is 29.6 Å². The lowest BCUT2D eigenvalue weighted by atomic mass is 10.0. The van der Waals surface area contributed by atoms with Gasteiger partial charge in [-0.15, -0.1) is 0 Å². The van der Waals surface area contributed by atoms with Crippen molar-refractivity contribution in [1.29, 1.82) is 0 Å². The SMILES string of the molecule is O=S(=O)(c1ccc(-c2ccc(-c3nc4nc(O[C@@H]5CO[C@H]6[C@@H]5OC[C@H]6O)[nH]c4cc3Cl)cc2)cc1)C1CCNCC1. The van der Waals surface area contributed by atoms with E-state index in [9.17, 15) is 13.5 Å². The first-order chi connectivity index (χ1) is 19.9. The number of imidazole rings is 1. The topological polar surface area (TPSA) is 136 Å². The zero-order valence-electron chi connectivity index (χ0n) is 22.0. The van der Waals surface area contributed by atoms with Crippen molar-refractivity contribution in [2.75, 3.05) is 26.3 Å². The van der Waals surface area contributed by atoms with E-state index in [4.69, 9.17) is 25.8 Å². The number of ether oxygens (including phenoxy) is 3. The van der Waals surface area contributed by atoms with Crippen molar-refractivity contribution >= 4 is 32.6 Å². The molecule has 0 unspecified atom stereocenters. The molecule has 41 heavy (non-hydrogen) atoms. The molecule has 0 saturated carbocycles. The third-order valence-corrected chi connectivity index (χ3v) is 10.6. The molecule has 4 atom stereocenters. The minimum absolute atomic E-state index is 0.223. The molecule has 3 fully saturated rings. The monoisotopic (exact) mass is 596 g/mol. The molecule has 5 heterocycles. The molecule has 0 amide bonds. The van der Waals surface area contributed by atoms with Crippen molar-refractivity contribution in [3.8, 4) is 28.4 Å². The minimum atomic E-state index is -3.34. The van der Waals surface area contributed by atoms with Gasteiger partial charge in [0, 0.05) is 5.56 Å². The van der Waals surface area contributed by atoms with Crippen molar-refractivity contribution in [2.45, 2.75) is 47.4 Å². The number of pyridine rings is 1. The Morgan fingerprint density at radius 1 is 0.902 bits per heavy atom. The standard InChI is InChI=1S/C29H29ClN4O6S/c30-21-13-22-28(34-29(32-22)40-24-15-39-26-23(35)14-38-27(24)26)33-25(21)18-3-1-16(2-4-18)17-5-7-19(8-6-17)41(36,37)20-9-11-31-12-10-20/h1-8,13,20,23-24,26-27,31,35H,9-12,14-15H2,(H,32,33,34)/t23-,24-,26-,27-/m1/s1. The molecule has 7 rings (SSSR count). The summed E-state index contributed by atoms with van der Waals surface area (Å²) in [7, 11) is -3.34. The van der Waals surface area contributed by atoms with E-state index in [1.807, 2.05) is 36.4 Å². The van der Waals surface area contributed by atoms with Crippen LogP contribution >= 0.6 is 11.6 Å². The third kappa shape index (κ3) is 5.00. The van der Waals surface area contributed by atoms with Crippen molar-refractivity contribution in [1.82, 2.24) is 20.3 Å². The molecule has 3 saturated heterocycles. The number of aliphatic hydroxyl groups is 1. The van der Waals surface area contributed by atoms with Gasteiger partial charge in [-0.25, -0.2) is 13.4 Å². The number of hydrogen-bond donors (Lipinski definition) is 3. The van der Waals surface area contributed by atoms with Crippen LogP contribution in [0.2, 0.25) is 5.02 Å². The Balaban J connectivity index is 1.08. The summed E-state index contributed by atoms with van der Waals surface area (Å²) in [6, 6.07) is 16.9. The van der Waals surface area contributed by atoms with Crippen molar-refractivity contribution < 1.29 is 27.7 Å². The number of aromatic nitrogens is 3. The summed E-state index contributed by atoms with van der Waals surface area (Å²) >= 11 is 6.61. The van der Waals surface area contributed by atoms with Crippen LogP contribution in [0.3, 0.4) is 0 Å². The maximum Gasteiger partial charge on any atom is 0.296 e. The van der Waals surface area contributed by atoms with Gasteiger partial charge in [-0.3, -0.25) is 0 Å². The number of H-pyrrole nitrogens is 1. The molecule has 3 N–H and O–H groups in total. The molecule has 0 spiro atoms. The largest absolute Gasteiger partial charge is 0.456 e. The van der Waals surface area contributed by atoms with Gasteiger partial charge in [0.25, 0.3) is 6.01 Å². The Morgan fingerprint density at radius 3 is 2.29 bits per heavy atom. The van der Waals surface area contributed by atoms with E-state index in [-0.39, 0.29) is 30.1 Å². The van der Waals surface area contributed by atoms with Crippen LogP contribution in [-0.4, -0.2) is 84.4 Å². The van der Waals surface area contributed by atoms with Gasteiger partial charge >= 0.3 is 0 Å². The van der Waals surface area contributed by atoms with Gasteiger partial charge in [0.05, 0.1) is 39.6 Å². The number of nitrogens with zero attached hydrogens (tertiary/aromatic N) is 2. The molecule has 12 heteroatoms. The summed E-state index contributed by atoms with van der Waals surface area (Å²) in [5.74, 6) is 0. The first-order valence-electron chi connectivity index (χ1n) is 13.7. The predicted molar refractivity (Wildman–Crippen MR) is 153 cm³/mol. The zero-order valence-corrected chi connectivity index (χ0v) is 23.6. The Kier molecular flexibility index (Phi) is 6.96. The second-order valence-corrected chi connectivity index (χ2v) is 13.3. The molecule has 2 aromatic heterocycles. The molecule has 0 radical (unpaired) electrons. The first kappa shape index (κ1) is 26.8. The summed E-state index contributed by atoms with van der Waals surface area (Å²) in [6.45, 7) is 1.98. The van der Waals surface area contributed by atoms with Gasteiger partial charge in [0.15, 0.2) is 21.6 Å². The van der Waals surface area contributed by atoms with E-state index in [2.05, 4.69) is 20.3 Å². The van der Waals surface area contributed by atoms with Gasteiger partial charge in [-0.2, -0.15) is 4.98 Å². The molecule has 0 aliphatic carbocycles. The number of benzene rings is 2. The fourth-order valence-corrected chi connectivity index (χ4v) is 7.82. The van der Waals surface area contributed by atoms with E-state index in [1.165, 1.54) is 0 Å². The lowest BCUT2D eigenvalue weighted by molar-refractivity contribution is 0.00706. The number of aromatic amines is 1. The third-order valence-electron chi connectivity index (χ3n) is 8.05. The van der Waals surface area contributed by atoms with E-state index in [0.29, 0.717) is 46.2 Å². The van der Waals surface area contributed by atoms with Gasteiger partial charge in [-0.05, 0) is 55.3 Å². The highest BCUT2D eigenvalue weighted by Gasteiger charge is 2.48. The number of sulfone groups is 1. The molecule has 3 aliphatic rings. The summed E-state index contributed by atoms with van der Waals surface area (Å²) in [6.07, 6.45) is -0.513.